The van der Waals surface area contributed by atoms with Gasteiger partial charge in [-0.3, -0.25) is 4.79 Å². The smallest absolute Gasteiger partial charge is 0.391 e. The molecule has 0 atom stereocenters. The molecule has 0 unspecified atom stereocenters. The number of amides is 1. The second-order valence-corrected chi connectivity index (χ2v) is 5.58. The summed E-state index contributed by atoms with van der Waals surface area (Å²) in [6.45, 7) is 1.75. The number of benzene rings is 1. The Morgan fingerprint density at radius 3 is 2.38 bits per heavy atom. The van der Waals surface area contributed by atoms with Gasteiger partial charge in [-0.25, -0.2) is 0 Å². The molecule has 0 aromatic heterocycles. The summed E-state index contributed by atoms with van der Waals surface area (Å²) in [5, 5.41) is 12.0. The number of alkyl halides is 3. The van der Waals surface area contributed by atoms with E-state index in [1.165, 1.54) is 12.1 Å². The predicted octanol–water partition coefficient (Wildman–Crippen LogP) is 4.01. The van der Waals surface area contributed by atoms with E-state index in [9.17, 15) is 23.1 Å². The number of phenolic OH excluding ortho intramolecular Hbond substituents is 1. The quantitative estimate of drug-likeness (QED) is 0.811. The number of nitrogens with one attached hydrogen (secondary N) is 1. The Hall–Kier alpha value is -1.72. The fourth-order valence-corrected chi connectivity index (χ4v) is 2.71. The van der Waals surface area contributed by atoms with Gasteiger partial charge >= 0.3 is 6.18 Å². The zero-order chi connectivity index (χ0) is 15.6. The molecule has 0 saturated heterocycles. The first-order valence-electron chi connectivity index (χ1n) is 6.94. The van der Waals surface area contributed by atoms with Crippen molar-refractivity contribution in [3.8, 4) is 5.75 Å². The van der Waals surface area contributed by atoms with Crippen molar-refractivity contribution < 1.29 is 23.1 Å². The molecule has 1 aromatic carbocycles. The third kappa shape index (κ3) is 3.89. The highest BCUT2D eigenvalue weighted by molar-refractivity contribution is 5.93. The number of aryl methyl sites for hydroxylation is 1. The summed E-state index contributed by atoms with van der Waals surface area (Å²) in [6.07, 6.45) is -3.62. The van der Waals surface area contributed by atoms with Crippen molar-refractivity contribution in [1.29, 1.82) is 0 Å². The first kappa shape index (κ1) is 15.7. The van der Waals surface area contributed by atoms with Crippen LogP contribution >= 0.6 is 0 Å². The first-order chi connectivity index (χ1) is 9.77. The number of rotatable bonds is 2. The van der Waals surface area contributed by atoms with E-state index in [0.29, 0.717) is 11.3 Å². The van der Waals surface area contributed by atoms with E-state index in [2.05, 4.69) is 5.32 Å². The second-order valence-electron chi connectivity index (χ2n) is 5.58. The Balaban J connectivity index is 1.93. The van der Waals surface area contributed by atoms with Crippen LogP contribution in [0, 0.1) is 18.8 Å². The molecule has 1 fully saturated rings. The van der Waals surface area contributed by atoms with Gasteiger partial charge < -0.3 is 10.4 Å². The normalized spacial score (nSPS) is 22.9. The fraction of sp³-hybridized carbons (Fsp3) is 0.533. The van der Waals surface area contributed by atoms with Crippen molar-refractivity contribution in [2.45, 2.75) is 38.8 Å². The molecular weight excluding hydrogens is 283 g/mol. The third-order valence-corrected chi connectivity index (χ3v) is 4.03. The highest BCUT2D eigenvalue weighted by Crippen LogP contribution is 2.39. The number of aromatic hydroxyl groups is 1. The average Bonchev–Trinajstić information content (AvgIpc) is 2.41. The van der Waals surface area contributed by atoms with Gasteiger partial charge in [-0.05, 0) is 56.4 Å². The molecule has 0 radical (unpaired) electrons. The number of halogens is 3. The van der Waals surface area contributed by atoms with Gasteiger partial charge in [-0.2, -0.15) is 13.2 Å². The van der Waals surface area contributed by atoms with E-state index < -0.39 is 12.1 Å². The van der Waals surface area contributed by atoms with Crippen LogP contribution in [0.25, 0.3) is 0 Å². The number of carbonyl (C=O) groups excluding carboxylic acids is 1. The molecule has 3 nitrogen and oxygen atoms in total. The minimum atomic E-state index is -4.16. The van der Waals surface area contributed by atoms with Gasteiger partial charge in [0, 0.05) is 11.6 Å². The topological polar surface area (TPSA) is 49.3 Å². The molecule has 1 aromatic rings. The van der Waals surface area contributed by atoms with E-state index in [4.69, 9.17) is 0 Å². The van der Waals surface area contributed by atoms with Gasteiger partial charge in [0.15, 0.2) is 0 Å². The molecule has 2 N–H and O–H groups in total. The predicted molar refractivity (Wildman–Crippen MR) is 73.0 cm³/mol. The molecule has 0 aliphatic heterocycles. The van der Waals surface area contributed by atoms with Crippen molar-refractivity contribution in [2.24, 2.45) is 11.8 Å². The summed E-state index contributed by atoms with van der Waals surface area (Å²) in [5.41, 5.74) is 1.29. The minimum absolute atomic E-state index is 0.0101. The SMILES string of the molecule is Cc1cc(O)ccc1NC(=O)C1CCC(C(F)(F)F)CC1. The molecule has 1 aliphatic rings. The highest BCUT2D eigenvalue weighted by atomic mass is 19.4. The lowest BCUT2D eigenvalue weighted by Gasteiger charge is -2.29. The average molecular weight is 301 g/mol. The van der Waals surface area contributed by atoms with Gasteiger partial charge in [-0.1, -0.05) is 0 Å². The van der Waals surface area contributed by atoms with Gasteiger partial charge in [-0.15, -0.1) is 0 Å². The lowest BCUT2D eigenvalue weighted by Crippen LogP contribution is -2.32. The molecule has 0 bridgehead atoms. The Bertz CT molecular complexity index is 520. The van der Waals surface area contributed by atoms with Crippen LogP contribution in [0.5, 0.6) is 5.75 Å². The standard InChI is InChI=1S/C15H18F3NO2/c1-9-8-12(20)6-7-13(9)19-14(21)10-2-4-11(5-3-10)15(16,17)18/h6-8,10-11,20H,2-5H2,1H3,(H,19,21). The van der Waals surface area contributed by atoms with Crippen LogP contribution in [-0.4, -0.2) is 17.2 Å². The van der Waals surface area contributed by atoms with Crippen LogP contribution in [0.1, 0.15) is 31.2 Å². The Morgan fingerprint density at radius 1 is 1.24 bits per heavy atom. The second kappa shape index (κ2) is 5.95. The van der Waals surface area contributed by atoms with Gasteiger partial charge in [0.2, 0.25) is 5.91 Å². The lowest BCUT2D eigenvalue weighted by molar-refractivity contribution is -0.184. The maximum atomic E-state index is 12.6. The molecule has 6 heteroatoms. The van der Waals surface area contributed by atoms with Crippen molar-refractivity contribution >= 4 is 11.6 Å². The number of carbonyl (C=O) groups is 1. The van der Waals surface area contributed by atoms with Crippen LogP contribution in [0.4, 0.5) is 18.9 Å². The van der Waals surface area contributed by atoms with E-state index in [-0.39, 0.29) is 43.3 Å². The molecule has 21 heavy (non-hydrogen) atoms. The fourth-order valence-electron chi connectivity index (χ4n) is 2.71. The number of phenols is 1. The van der Waals surface area contributed by atoms with E-state index in [1.54, 1.807) is 13.0 Å². The maximum absolute atomic E-state index is 12.6. The monoisotopic (exact) mass is 301 g/mol. The largest absolute Gasteiger partial charge is 0.508 e. The molecule has 1 saturated carbocycles. The Labute approximate surface area is 121 Å². The summed E-state index contributed by atoms with van der Waals surface area (Å²) in [6, 6.07) is 4.57. The molecule has 1 amide bonds. The van der Waals surface area contributed by atoms with Crippen LogP contribution in [0.15, 0.2) is 18.2 Å². The van der Waals surface area contributed by atoms with Gasteiger partial charge in [0.25, 0.3) is 0 Å². The number of hydrogen-bond donors (Lipinski definition) is 2. The highest BCUT2D eigenvalue weighted by Gasteiger charge is 2.42. The minimum Gasteiger partial charge on any atom is -0.508 e. The molecule has 1 aliphatic carbocycles. The van der Waals surface area contributed by atoms with Gasteiger partial charge in [0.1, 0.15) is 5.75 Å². The molecule has 0 heterocycles. The molecular formula is C15H18F3NO2. The van der Waals surface area contributed by atoms with Gasteiger partial charge in [0.05, 0.1) is 5.92 Å². The zero-order valence-corrected chi connectivity index (χ0v) is 11.7. The van der Waals surface area contributed by atoms with Crippen LogP contribution in [0.3, 0.4) is 0 Å². The summed E-state index contributed by atoms with van der Waals surface area (Å²) >= 11 is 0. The van der Waals surface area contributed by atoms with Crippen LogP contribution in [0.2, 0.25) is 0 Å². The lowest BCUT2D eigenvalue weighted by atomic mass is 9.81. The molecule has 0 spiro atoms. The first-order valence-corrected chi connectivity index (χ1v) is 6.94. The van der Waals surface area contributed by atoms with E-state index >= 15 is 0 Å². The number of hydrogen-bond acceptors (Lipinski definition) is 2. The zero-order valence-electron chi connectivity index (χ0n) is 11.7. The summed E-state index contributed by atoms with van der Waals surface area (Å²) in [7, 11) is 0. The Kier molecular flexibility index (Phi) is 4.44. The van der Waals surface area contributed by atoms with Crippen LogP contribution < -0.4 is 5.32 Å². The van der Waals surface area contributed by atoms with Crippen molar-refractivity contribution in [3.05, 3.63) is 23.8 Å². The summed E-state index contributed by atoms with van der Waals surface area (Å²) in [5.74, 6) is -1.80. The van der Waals surface area contributed by atoms with Crippen molar-refractivity contribution in [3.63, 3.8) is 0 Å². The number of anilines is 1. The van der Waals surface area contributed by atoms with Crippen LogP contribution in [-0.2, 0) is 4.79 Å². The van der Waals surface area contributed by atoms with Crippen molar-refractivity contribution in [2.75, 3.05) is 5.32 Å². The van der Waals surface area contributed by atoms with E-state index in [1.807, 2.05) is 0 Å². The van der Waals surface area contributed by atoms with Crippen molar-refractivity contribution in [1.82, 2.24) is 0 Å². The summed E-state index contributed by atoms with van der Waals surface area (Å²) in [4.78, 5) is 12.1. The summed E-state index contributed by atoms with van der Waals surface area (Å²) < 4.78 is 37.7. The molecule has 116 valence electrons. The molecule has 2 rings (SSSR count). The maximum Gasteiger partial charge on any atom is 0.391 e. The third-order valence-electron chi connectivity index (χ3n) is 4.03. The van der Waals surface area contributed by atoms with E-state index in [0.717, 1.165) is 0 Å². The Morgan fingerprint density at radius 2 is 1.86 bits per heavy atom.